The predicted octanol–water partition coefficient (Wildman–Crippen LogP) is 3.77. The maximum Gasteiger partial charge on any atom is 0.416 e. The summed E-state index contributed by atoms with van der Waals surface area (Å²) in [6.07, 6.45) is -1.70. The van der Waals surface area contributed by atoms with E-state index in [1.54, 1.807) is 6.92 Å². The van der Waals surface area contributed by atoms with Crippen molar-refractivity contribution in [1.82, 2.24) is 14.8 Å². The van der Waals surface area contributed by atoms with Gasteiger partial charge in [-0.3, -0.25) is 4.79 Å². The zero-order valence-corrected chi connectivity index (χ0v) is 14.8. The van der Waals surface area contributed by atoms with Gasteiger partial charge in [-0.25, -0.2) is 9.67 Å². The average Bonchev–Trinajstić information content (AvgIpc) is 3.14. The van der Waals surface area contributed by atoms with Crippen LogP contribution in [0, 0.1) is 6.92 Å². The molecular weight excluding hydrogens is 375 g/mol. The maximum absolute atomic E-state index is 12.6. The number of phenolic OH excluding ortho intramolecular Hbond substituents is 1. The number of hydrogen-bond acceptors (Lipinski definition) is 5. The van der Waals surface area contributed by atoms with Crippen LogP contribution >= 0.6 is 0 Å². The van der Waals surface area contributed by atoms with Gasteiger partial charge >= 0.3 is 6.18 Å². The Labute approximate surface area is 158 Å². The summed E-state index contributed by atoms with van der Waals surface area (Å²) in [6.45, 7) is 1.65. The Morgan fingerprint density at radius 3 is 2.54 bits per heavy atom. The molecule has 0 amide bonds. The van der Waals surface area contributed by atoms with Crippen LogP contribution < -0.4 is 4.74 Å². The molecule has 0 saturated heterocycles. The number of aromatic hydroxyl groups is 1. The van der Waals surface area contributed by atoms with Crippen molar-refractivity contribution in [3.05, 3.63) is 71.3 Å². The van der Waals surface area contributed by atoms with E-state index in [1.807, 2.05) is 0 Å². The highest BCUT2D eigenvalue weighted by molar-refractivity contribution is 5.98. The third kappa shape index (κ3) is 4.48. The second kappa shape index (κ2) is 7.71. The van der Waals surface area contributed by atoms with Crippen LogP contribution in [0.5, 0.6) is 11.5 Å². The molecule has 1 heterocycles. The van der Waals surface area contributed by atoms with E-state index >= 15 is 0 Å². The summed E-state index contributed by atoms with van der Waals surface area (Å²) in [5, 5.41) is 14.0. The van der Waals surface area contributed by atoms with E-state index in [9.17, 15) is 23.1 Å². The van der Waals surface area contributed by atoms with Crippen LogP contribution in [0.25, 0.3) is 0 Å². The number of hydrogen-bond donors (Lipinski definition) is 1. The van der Waals surface area contributed by atoms with Gasteiger partial charge in [0.15, 0.2) is 5.78 Å². The molecule has 0 aliphatic carbocycles. The van der Waals surface area contributed by atoms with E-state index in [4.69, 9.17) is 4.74 Å². The minimum atomic E-state index is -4.39. The Morgan fingerprint density at radius 2 is 1.93 bits per heavy atom. The Bertz CT molecular complexity index is 969. The number of nitrogens with zero attached hydrogens (tertiary/aromatic N) is 3. The van der Waals surface area contributed by atoms with Crippen molar-refractivity contribution < 1.29 is 27.8 Å². The van der Waals surface area contributed by atoms with Gasteiger partial charge < -0.3 is 9.84 Å². The second-order valence-electron chi connectivity index (χ2n) is 6.13. The average molecular weight is 391 g/mol. The van der Waals surface area contributed by atoms with Crippen molar-refractivity contribution in [3.63, 3.8) is 0 Å². The van der Waals surface area contributed by atoms with Crippen molar-refractivity contribution in [2.45, 2.75) is 26.3 Å². The van der Waals surface area contributed by atoms with Crippen molar-refractivity contribution >= 4 is 5.78 Å². The van der Waals surface area contributed by atoms with Crippen LogP contribution in [-0.2, 0) is 19.3 Å². The smallest absolute Gasteiger partial charge is 0.416 e. The summed E-state index contributed by atoms with van der Waals surface area (Å²) in [5.74, 6) is -0.270. The number of halogens is 3. The van der Waals surface area contributed by atoms with Gasteiger partial charge in [-0.15, -0.1) is 0 Å². The van der Waals surface area contributed by atoms with Crippen LogP contribution in [0.3, 0.4) is 0 Å². The van der Waals surface area contributed by atoms with Crippen LogP contribution in [0.4, 0.5) is 13.2 Å². The minimum Gasteiger partial charge on any atom is -0.507 e. The molecule has 0 saturated carbocycles. The molecule has 1 aromatic heterocycles. The number of ether oxygens (including phenoxy) is 1. The lowest BCUT2D eigenvalue weighted by Crippen LogP contribution is -2.11. The molecule has 0 spiro atoms. The van der Waals surface area contributed by atoms with Crippen LogP contribution in [0.1, 0.15) is 27.0 Å². The molecule has 3 rings (SSSR count). The standard InChI is InChI=1S/C19H16F3N3O3/c1-12-6-15(17(27)8-25-11-23-10-24-25)16(26)7-18(12)28-9-13-2-4-14(5-3-13)19(20,21)22/h2-7,10-11,26H,8-9H2,1H3. The van der Waals surface area contributed by atoms with E-state index < -0.39 is 11.7 Å². The number of aryl methyl sites for hydroxylation is 1. The van der Waals surface area contributed by atoms with Gasteiger partial charge in [0.1, 0.15) is 37.3 Å². The summed E-state index contributed by atoms with van der Waals surface area (Å²) in [5.41, 5.74) is 0.528. The fourth-order valence-corrected chi connectivity index (χ4v) is 2.55. The molecule has 0 radical (unpaired) electrons. The molecule has 0 atom stereocenters. The Balaban J connectivity index is 1.69. The van der Waals surface area contributed by atoms with E-state index in [-0.39, 0.29) is 30.2 Å². The number of alkyl halides is 3. The molecule has 146 valence electrons. The molecule has 0 unspecified atom stereocenters. The van der Waals surface area contributed by atoms with E-state index in [1.165, 1.54) is 41.6 Å². The van der Waals surface area contributed by atoms with Gasteiger partial charge in [-0.05, 0) is 36.2 Å². The van der Waals surface area contributed by atoms with Gasteiger partial charge in [-0.2, -0.15) is 18.3 Å². The molecule has 0 bridgehead atoms. The first-order valence-electron chi connectivity index (χ1n) is 8.22. The van der Waals surface area contributed by atoms with Gasteiger partial charge in [-0.1, -0.05) is 12.1 Å². The van der Waals surface area contributed by atoms with Gasteiger partial charge in [0.25, 0.3) is 0 Å². The number of Topliss-reactive ketones (excluding diaryl/α,β-unsaturated/α-hetero) is 1. The topological polar surface area (TPSA) is 77.2 Å². The summed E-state index contributed by atoms with van der Waals surface area (Å²) in [4.78, 5) is 16.1. The van der Waals surface area contributed by atoms with E-state index in [2.05, 4.69) is 10.1 Å². The zero-order valence-electron chi connectivity index (χ0n) is 14.8. The van der Waals surface area contributed by atoms with Crippen molar-refractivity contribution in [2.75, 3.05) is 0 Å². The zero-order chi connectivity index (χ0) is 20.3. The third-order valence-electron chi connectivity index (χ3n) is 4.04. The summed E-state index contributed by atoms with van der Waals surface area (Å²) < 4.78 is 44.7. The van der Waals surface area contributed by atoms with E-state index in [0.29, 0.717) is 16.9 Å². The lowest BCUT2D eigenvalue weighted by molar-refractivity contribution is -0.137. The summed E-state index contributed by atoms with van der Waals surface area (Å²) in [7, 11) is 0. The Morgan fingerprint density at radius 1 is 1.21 bits per heavy atom. The fraction of sp³-hybridized carbons (Fsp3) is 0.211. The van der Waals surface area contributed by atoms with Crippen molar-refractivity contribution in [2.24, 2.45) is 0 Å². The van der Waals surface area contributed by atoms with E-state index in [0.717, 1.165) is 12.1 Å². The first-order chi connectivity index (χ1) is 13.2. The van der Waals surface area contributed by atoms with Gasteiger partial charge in [0.05, 0.1) is 11.1 Å². The number of ketones is 1. The molecule has 0 aliphatic rings. The molecule has 0 fully saturated rings. The number of phenols is 1. The molecule has 9 heteroatoms. The summed E-state index contributed by atoms with van der Waals surface area (Å²) >= 11 is 0. The highest BCUT2D eigenvalue weighted by Gasteiger charge is 2.29. The first kappa shape index (κ1) is 19.4. The first-order valence-corrected chi connectivity index (χ1v) is 8.22. The van der Waals surface area contributed by atoms with Crippen LogP contribution in [-0.4, -0.2) is 25.7 Å². The predicted molar refractivity (Wildman–Crippen MR) is 93.0 cm³/mol. The number of aromatic nitrogens is 3. The Hall–Kier alpha value is -3.36. The lowest BCUT2D eigenvalue weighted by atomic mass is 10.1. The number of benzene rings is 2. The largest absolute Gasteiger partial charge is 0.507 e. The van der Waals surface area contributed by atoms with Crippen molar-refractivity contribution in [1.29, 1.82) is 0 Å². The number of rotatable bonds is 6. The lowest BCUT2D eigenvalue weighted by Gasteiger charge is -2.13. The molecule has 6 nitrogen and oxygen atoms in total. The van der Waals surface area contributed by atoms with Crippen LogP contribution in [0.2, 0.25) is 0 Å². The van der Waals surface area contributed by atoms with Gasteiger partial charge in [0.2, 0.25) is 0 Å². The third-order valence-corrected chi connectivity index (χ3v) is 4.04. The van der Waals surface area contributed by atoms with Crippen molar-refractivity contribution in [3.8, 4) is 11.5 Å². The quantitative estimate of drug-likeness (QED) is 0.648. The second-order valence-corrected chi connectivity index (χ2v) is 6.13. The molecule has 3 aromatic rings. The maximum atomic E-state index is 12.6. The molecular formula is C19H16F3N3O3. The highest BCUT2D eigenvalue weighted by Crippen LogP contribution is 2.31. The fourth-order valence-electron chi connectivity index (χ4n) is 2.55. The SMILES string of the molecule is Cc1cc(C(=O)Cn2cncn2)c(O)cc1OCc1ccc(C(F)(F)F)cc1. The normalized spacial score (nSPS) is 11.4. The molecule has 28 heavy (non-hydrogen) atoms. The van der Waals surface area contributed by atoms with Crippen LogP contribution in [0.15, 0.2) is 49.1 Å². The molecule has 1 N–H and O–H groups in total. The highest BCUT2D eigenvalue weighted by atomic mass is 19.4. The van der Waals surface area contributed by atoms with Gasteiger partial charge in [0, 0.05) is 6.07 Å². The monoisotopic (exact) mass is 391 g/mol. The Kier molecular flexibility index (Phi) is 5.34. The number of carbonyl (C=O) groups is 1. The number of carbonyl (C=O) groups excluding carboxylic acids is 1. The minimum absolute atomic E-state index is 0.0185. The molecule has 2 aromatic carbocycles. The molecule has 0 aliphatic heterocycles. The summed E-state index contributed by atoms with van der Waals surface area (Å²) in [6, 6.07) is 7.43.